The van der Waals surface area contributed by atoms with Crippen LogP contribution in [0.2, 0.25) is 5.02 Å². The second kappa shape index (κ2) is 14.3. The highest BCUT2D eigenvalue weighted by atomic mass is 35.5. The molecule has 2 aliphatic heterocycles. The molecule has 2 aliphatic rings. The Morgan fingerprint density at radius 1 is 1.04 bits per heavy atom. The number of benzene rings is 1. The zero-order valence-corrected chi connectivity index (χ0v) is 26.8. The van der Waals surface area contributed by atoms with Crippen molar-refractivity contribution in [2.75, 3.05) is 44.7 Å². The van der Waals surface area contributed by atoms with Gasteiger partial charge in [0.15, 0.2) is 0 Å². The Kier molecular flexibility index (Phi) is 10.9. The van der Waals surface area contributed by atoms with Crippen LogP contribution in [-0.2, 0) is 9.53 Å². The Balaban J connectivity index is 1.37. The fourth-order valence-corrected chi connectivity index (χ4v) is 5.93. The third kappa shape index (κ3) is 9.48. The fraction of sp³-hybridized carbons (Fsp3) is 0.562. The Bertz CT molecular complexity index is 1330. The standard InChI is InChI=1S/C32H41ClF3N5O4/c1-31(2,3)38-28(42)23-8-11-27(37-18-23)40-15-12-22(13-16-40)29(43)41-19-25(21-6-9-24(33)10-7-21)26(20-41)39(4)30(44)45-17-5-14-32(34,35)36/h6-11,18,22,25-26H,5,12-17,19-20H2,1-4H3,(H,38,42). The van der Waals surface area contributed by atoms with E-state index in [0.29, 0.717) is 43.1 Å². The Hall–Kier alpha value is -3.54. The maximum Gasteiger partial charge on any atom is 0.409 e. The van der Waals surface area contributed by atoms with Crippen LogP contribution in [0.4, 0.5) is 23.8 Å². The number of hydrogen-bond acceptors (Lipinski definition) is 6. The number of likely N-dealkylation sites (tertiary alicyclic amines) is 1. The van der Waals surface area contributed by atoms with E-state index in [9.17, 15) is 27.6 Å². The molecule has 3 amide bonds. The summed E-state index contributed by atoms with van der Waals surface area (Å²) in [5.74, 6) is 0.129. The average molecular weight is 652 g/mol. The summed E-state index contributed by atoms with van der Waals surface area (Å²) in [5, 5.41) is 3.48. The van der Waals surface area contributed by atoms with Crippen molar-refractivity contribution in [3.63, 3.8) is 0 Å². The molecule has 2 saturated heterocycles. The Morgan fingerprint density at radius 2 is 1.71 bits per heavy atom. The van der Waals surface area contributed by atoms with Gasteiger partial charge in [0, 0.05) is 68.2 Å². The summed E-state index contributed by atoms with van der Waals surface area (Å²) >= 11 is 6.10. The average Bonchev–Trinajstić information content (AvgIpc) is 3.43. The number of halogens is 4. The van der Waals surface area contributed by atoms with Gasteiger partial charge in [-0.15, -0.1) is 0 Å². The first kappa shape index (κ1) is 34.3. The predicted octanol–water partition coefficient (Wildman–Crippen LogP) is 5.89. The molecule has 2 atom stereocenters. The molecule has 0 radical (unpaired) electrons. The molecule has 0 saturated carbocycles. The SMILES string of the molecule is CN(C(=O)OCCCC(F)(F)F)C1CN(C(=O)C2CCN(c3ccc(C(=O)NC(C)(C)C)cn3)CC2)CC1c1ccc(Cl)cc1. The number of likely N-dealkylation sites (N-methyl/N-ethyl adjacent to an activating group) is 1. The summed E-state index contributed by atoms with van der Waals surface area (Å²) in [4.78, 5) is 48.7. The molecular formula is C32H41ClF3N5O4. The molecule has 4 rings (SSSR count). The quantitative estimate of drug-likeness (QED) is 0.358. The van der Waals surface area contributed by atoms with Gasteiger partial charge in [-0.3, -0.25) is 9.59 Å². The summed E-state index contributed by atoms with van der Waals surface area (Å²) in [6, 6.07) is 10.4. The molecule has 45 heavy (non-hydrogen) atoms. The zero-order chi connectivity index (χ0) is 32.9. The minimum absolute atomic E-state index is 0.00483. The van der Waals surface area contributed by atoms with Gasteiger partial charge < -0.3 is 24.8 Å². The van der Waals surface area contributed by atoms with Crippen LogP contribution >= 0.6 is 11.6 Å². The van der Waals surface area contributed by atoms with Crippen LogP contribution in [-0.4, -0.2) is 90.3 Å². The summed E-state index contributed by atoms with van der Waals surface area (Å²) in [7, 11) is 1.55. The number of nitrogens with zero attached hydrogens (tertiary/aromatic N) is 4. The van der Waals surface area contributed by atoms with Gasteiger partial charge in [-0.05, 0) is 69.9 Å². The Labute approximate surface area is 267 Å². The molecule has 1 N–H and O–H groups in total. The first-order valence-electron chi connectivity index (χ1n) is 15.2. The van der Waals surface area contributed by atoms with Crippen LogP contribution in [0.5, 0.6) is 0 Å². The lowest BCUT2D eigenvalue weighted by molar-refractivity contribution is -0.137. The van der Waals surface area contributed by atoms with Crippen molar-refractivity contribution in [1.29, 1.82) is 0 Å². The van der Waals surface area contributed by atoms with E-state index in [-0.39, 0.29) is 48.8 Å². The van der Waals surface area contributed by atoms with Crippen molar-refractivity contribution in [1.82, 2.24) is 20.1 Å². The molecule has 2 unspecified atom stereocenters. The summed E-state index contributed by atoms with van der Waals surface area (Å²) < 4.78 is 42.7. The molecule has 2 aromatic rings. The zero-order valence-electron chi connectivity index (χ0n) is 26.1. The van der Waals surface area contributed by atoms with Crippen LogP contribution in [0.15, 0.2) is 42.6 Å². The van der Waals surface area contributed by atoms with Crippen LogP contribution in [0.25, 0.3) is 0 Å². The lowest BCUT2D eigenvalue weighted by atomic mass is 9.93. The molecule has 1 aromatic carbocycles. The van der Waals surface area contributed by atoms with Crippen molar-refractivity contribution < 1.29 is 32.3 Å². The van der Waals surface area contributed by atoms with Crippen LogP contribution in [0, 0.1) is 5.92 Å². The highest BCUT2D eigenvalue weighted by Crippen LogP contribution is 2.34. The van der Waals surface area contributed by atoms with Crippen molar-refractivity contribution >= 4 is 35.3 Å². The topological polar surface area (TPSA) is 95.1 Å². The van der Waals surface area contributed by atoms with E-state index in [1.807, 2.05) is 39.0 Å². The van der Waals surface area contributed by atoms with Crippen LogP contribution in [0.3, 0.4) is 0 Å². The van der Waals surface area contributed by atoms with Gasteiger partial charge in [-0.25, -0.2) is 9.78 Å². The third-order valence-corrected chi connectivity index (χ3v) is 8.43. The van der Waals surface area contributed by atoms with E-state index in [2.05, 4.69) is 15.2 Å². The molecule has 1 aromatic heterocycles. The predicted molar refractivity (Wildman–Crippen MR) is 165 cm³/mol. The number of aromatic nitrogens is 1. The number of nitrogens with one attached hydrogen (secondary N) is 1. The van der Waals surface area contributed by atoms with E-state index >= 15 is 0 Å². The largest absolute Gasteiger partial charge is 0.449 e. The number of hydrogen-bond donors (Lipinski definition) is 1. The van der Waals surface area contributed by atoms with Crippen molar-refractivity contribution in [3.8, 4) is 0 Å². The van der Waals surface area contributed by atoms with E-state index < -0.39 is 24.7 Å². The number of carbonyl (C=O) groups is 3. The summed E-state index contributed by atoms with van der Waals surface area (Å²) in [6.45, 7) is 7.31. The second-order valence-electron chi connectivity index (χ2n) is 12.8. The number of piperidine rings is 1. The van der Waals surface area contributed by atoms with Crippen LogP contribution < -0.4 is 10.2 Å². The van der Waals surface area contributed by atoms with Crippen molar-refractivity contribution in [2.24, 2.45) is 5.92 Å². The maximum absolute atomic E-state index is 13.7. The minimum atomic E-state index is -4.31. The summed E-state index contributed by atoms with van der Waals surface area (Å²) in [6.07, 6.45) is -3.58. The fourth-order valence-electron chi connectivity index (χ4n) is 5.80. The van der Waals surface area contributed by atoms with Gasteiger partial charge in [0.2, 0.25) is 5.91 Å². The van der Waals surface area contributed by atoms with Gasteiger partial charge in [0.1, 0.15) is 5.82 Å². The molecule has 0 aliphatic carbocycles. The molecule has 246 valence electrons. The van der Waals surface area contributed by atoms with E-state index in [0.717, 1.165) is 11.4 Å². The third-order valence-electron chi connectivity index (χ3n) is 8.18. The monoisotopic (exact) mass is 651 g/mol. The lowest BCUT2D eigenvalue weighted by Crippen LogP contribution is -2.44. The van der Waals surface area contributed by atoms with E-state index in [1.165, 1.54) is 4.90 Å². The number of ether oxygens (including phenoxy) is 1. The van der Waals surface area contributed by atoms with Gasteiger partial charge in [-0.2, -0.15) is 13.2 Å². The lowest BCUT2D eigenvalue weighted by Gasteiger charge is -2.34. The molecule has 0 spiro atoms. The number of pyridine rings is 1. The van der Waals surface area contributed by atoms with Crippen molar-refractivity contribution in [3.05, 3.63) is 58.7 Å². The minimum Gasteiger partial charge on any atom is -0.449 e. The van der Waals surface area contributed by atoms with E-state index in [1.54, 1.807) is 36.3 Å². The van der Waals surface area contributed by atoms with Gasteiger partial charge in [0.25, 0.3) is 5.91 Å². The number of alkyl halides is 3. The number of anilines is 1. The normalized spacial score (nSPS) is 19.4. The molecule has 9 nitrogen and oxygen atoms in total. The molecule has 2 fully saturated rings. The van der Waals surface area contributed by atoms with Crippen molar-refractivity contribution in [2.45, 2.75) is 70.1 Å². The van der Waals surface area contributed by atoms with Gasteiger partial charge in [-0.1, -0.05) is 23.7 Å². The van der Waals surface area contributed by atoms with Gasteiger partial charge in [0.05, 0.1) is 18.2 Å². The molecule has 0 bridgehead atoms. The number of carbonyl (C=O) groups excluding carboxylic acids is 3. The van der Waals surface area contributed by atoms with Gasteiger partial charge >= 0.3 is 12.3 Å². The number of amides is 3. The van der Waals surface area contributed by atoms with E-state index in [4.69, 9.17) is 16.3 Å². The molecular weight excluding hydrogens is 611 g/mol. The molecule has 13 heteroatoms. The highest BCUT2D eigenvalue weighted by Gasteiger charge is 2.42. The number of rotatable bonds is 8. The first-order valence-corrected chi connectivity index (χ1v) is 15.5. The maximum atomic E-state index is 13.7. The summed E-state index contributed by atoms with van der Waals surface area (Å²) in [5.41, 5.74) is 1.02. The second-order valence-corrected chi connectivity index (χ2v) is 13.2. The smallest absolute Gasteiger partial charge is 0.409 e. The highest BCUT2D eigenvalue weighted by molar-refractivity contribution is 6.30. The van der Waals surface area contributed by atoms with Crippen LogP contribution in [0.1, 0.15) is 68.3 Å². The first-order chi connectivity index (χ1) is 21.1. The molecule has 3 heterocycles. The Morgan fingerprint density at radius 3 is 2.29 bits per heavy atom.